The van der Waals surface area contributed by atoms with E-state index in [0.717, 1.165) is 24.0 Å². The molecule has 0 radical (unpaired) electrons. The molecule has 0 unspecified atom stereocenters. The number of allylic oxidation sites excluding steroid dienone is 2. The monoisotopic (exact) mass is 414 g/mol. The van der Waals surface area contributed by atoms with Crippen molar-refractivity contribution in [2.45, 2.75) is 32.2 Å². The minimum atomic E-state index is -0.601. The van der Waals surface area contributed by atoms with E-state index >= 15 is 0 Å². The molecule has 1 saturated carbocycles. The maximum absolute atomic E-state index is 13.5. The van der Waals surface area contributed by atoms with Crippen LogP contribution >= 0.6 is 0 Å². The lowest BCUT2D eigenvalue weighted by Gasteiger charge is -2.38. The zero-order chi connectivity index (χ0) is 21.5. The Balaban J connectivity index is 1.44. The van der Waals surface area contributed by atoms with Gasteiger partial charge in [-0.15, -0.1) is 0 Å². The fraction of sp³-hybridized carbons (Fsp3) is 0.346. The van der Waals surface area contributed by atoms with Gasteiger partial charge in [0, 0.05) is 5.69 Å². The predicted octanol–water partition coefficient (Wildman–Crippen LogP) is 4.26. The summed E-state index contributed by atoms with van der Waals surface area (Å²) < 4.78 is 0. The third-order valence-electron chi connectivity index (χ3n) is 6.97. The Hall–Kier alpha value is -3.21. The van der Waals surface area contributed by atoms with Crippen LogP contribution < -0.4 is 5.32 Å². The minimum absolute atomic E-state index is 0.0393. The fourth-order valence-corrected chi connectivity index (χ4v) is 5.55. The zero-order valence-corrected chi connectivity index (χ0v) is 17.5. The van der Waals surface area contributed by atoms with E-state index in [9.17, 15) is 14.4 Å². The molecule has 0 spiro atoms. The number of anilines is 1. The number of amides is 3. The Labute approximate surface area is 182 Å². The summed E-state index contributed by atoms with van der Waals surface area (Å²) in [7, 11) is 0. The van der Waals surface area contributed by atoms with Gasteiger partial charge in [0.05, 0.1) is 24.3 Å². The Morgan fingerprint density at radius 2 is 1.61 bits per heavy atom. The number of fused-ring (bicyclic) bond motifs is 1. The van der Waals surface area contributed by atoms with Gasteiger partial charge in [-0.2, -0.15) is 0 Å². The van der Waals surface area contributed by atoms with Crippen molar-refractivity contribution >= 4 is 23.4 Å². The van der Waals surface area contributed by atoms with Gasteiger partial charge in [-0.05, 0) is 54.9 Å². The molecule has 2 fully saturated rings. The summed E-state index contributed by atoms with van der Waals surface area (Å²) in [5.41, 5.74) is 2.57. The molecule has 5 nitrogen and oxygen atoms in total. The van der Waals surface area contributed by atoms with E-state index in [-0.39, 0.29) is 47.8 Å². The number of imide groups is 1. The van der Waals surface area contributed by atoms with E-state index in [1.807, 2.05) is 61.5 Å². The number of carbonyl (C=O) groups is 3. The number of benzene rings is 2. The van der Waals surface area contributed by atoms with Crippen molar-refractivity contribution < 1.29 is 14.4 Å². The molecule has 3 amide bonds. The molecule has 1 aliphatic heterocycles. The van der Waals surface area contributed by atoms with E-state index in [1.54, 1.807) is 0 Å². The molecule has 5 heteroatoms. The largest absolute Gasteiger partial charge is 0.326 e. The summed E-state index contributed by atoms with van der Waals surface area (Å²) in [4.78, 5) is 41.3. The van der Waals surface area contributed by atoms with Crippen molar-refractivity contribution in [2.75, 3.05) is 5.32 Å². The Morgan fingerprint density at radius 3 is 2.19 bits per heavy atom. The topological polar surface area (TPSA) is 66.5 Å². The molecular weight excluding hydrogens is 388 g/mol. The first kappa shape index (κ1) is 19.7. The molecule has 2 aromatic carbocycles. The fourth-order valence-electron chi connectivity index (χ4n) is 5.55. The molecule has 1 saturated heterocycles. The second kappa shape index (κ2) is 7.80. The second-order valence-corrected chi connectivity index (χ2v) is 8.94. The van der Waals surface area contributed by atoms with Crippen LogP contribution in [0, 0.1) is 30.6 Å². The summed E-state index contributed by atoms with van der Waals surface area (Å²) in [5.74, 6) is -0.735. The smallest absolute Gasteiger partial charge is 0.234 e. The summed E-state index contributed by atoms with van der Waals surface area (Å²) in [6.45, 7) is 1.97. The first-order valence-electron chi connectivity index (χ1n) is 11.0. The highest BCUT2D eigenvalue weighted by Crippen LogP contribution is 2.51. The van der Waals surface area contributed by atoms with Crippen molar-refractivity contribution in [3.8, 4) is 0 Å². The standard InChI is InChI=1S/C26H26N2O3/c1-16-6-5-9-20(14-16)27-22(29)15-21(17-7-3-2-4-8-17)28-25(30)23-18-10-11-19(13-12-18)24(23)26(28)31/h2-11,14,18-19,21,23-24H,12-13,15H2,1H3,(H,27,29)/t18-,19-,21+,23-,24+/m0/s1. The maximum Gasteiger partial charge on any atom is 0.234 e. The Morgan fingerprint density at radius 1 is 0.968 bits per heavy atom. The third-order valence-corrected chi connectivity index (χ3v) is 6.97. The van der Waals surface area contributed by atoms with Crippen molar-refractivity contribution in [3.63, 3.8) is 0 Å². The molecule has 4 aliphatic rings. The SMILES string of the molecule is Cc1cccc(NC(=O)C[C@H](c2ccccc2)N2C(=O)[C@@H]3[C@H](C2=O)[C@H]2C=C[C@H]3CC2)c1. The summed E-state index contributed by atoms with van der Waals surface area (Å²) >= 11 is 0. The van der Waals surface area contributed by atoms with Gasteiger partial charge < -0.3 is 5.32 Å². The van der Waals surface area contributed by atoms with Gasteiger partial charge >= 0.3 is 0 Å². The zero-order valence-electron chi connectivity index (χ0n) is 17.5. The predicted molar refractivity (Wildman–Crippen MR) is 118 cm³/mol. The van der Waals surface area contributed by atoms with Gasteiger partial charge in [-0.3, -0.25) is 19.3 Å². The Bertz CT molecular complexity index is 1030. The molecule has 1 N–H and O–H groups in total. The van der Waals surface area contributed by atoms with Gasteiger partial charge in [0.25, 0.3) is 0 Å². The molecule has 3 aliphatic carbocycles. The van der Waals surface area contributed by atoms with Crippen LogP contribution in [0.4, 0.5) is 5.69 Å². The first-order chi connectivity index (χ1) is 15.0. The van der Waals surface area contributed by atoms with Crippen LogP contribution in [0.25, 0.3) is 0 Å². The van der Waals surface area contributed by atoms with Crippen molar-refractivity contribution in [1.82, 2.24) is 4.90 Å². The molecule has 0 aromatic heterocycles. The van der Waals surface area contributed by atoms with Crippen LogP contribution in [0.15, 0.2) is 66.7 Å². The van der Waals surface area contributed by atoms with E-state index < -0.39 is 6.04 Å². The van der Waals surface area contributed by atoms with E-state index in [0.29, 0.717) is 5.69 Å². The van der Waals surface area contributed by atoms with Crippen molar-refractivity contribution in [2.24, 2.45) is 23.7 Å². The molecule has 1 heterocycles. The number of nitrogens with one attached hydrogen (secondary N) is 1. The normalized spacial score (nSPS) is 27.3. The minimum Gasteiger partial charge on any atom is -0.326 e. The van der Waals surface area contributed by atoms with Crippen molar-refractivity contribution in [3.05, 3.63) is 77.9 Å². The van der Waals surface area contributed by atoms with Gasteiger partial charge in [-0.1, -0.05) is 54.6 Å². The molecule has 2 aromatic rings. The van der Waals surface area contributed by atoms with Gasteiger partial charge in [0.15, 0.2) is 0 Å². The van der Waals surface area contributed by atoms with Crippen LogP contribution in [0.1, 0.15) is 36.4 Å². The van der Waals surface area contributed by atoms with Crippen LogP contribution in [-0.4, -0.2) is 22.6 Å². The average Bonchev–Trinajstić information content (AvgIpc) is 3.06. The number of aryl methyl sites for hydroxylation is 1. The van der Waals surface area contributed by atoms with E-state index in [2.05, 4.69) is 17.5 Å². The quantitative estimate of drug-likeness (QED) is 0.587. The molecule has 6 rings (SSSR count). The highest BCUT2D eigenvalue weighted by atomic mass is 16.2. The highest BCUT2D eigenvalue weighted by molar-refractivity contribution is 6.07. The highest BCUT2D eigenvalue weighted by Gasteiger charge is 2.58. The average molecular weight is 415 g/mol. The lowest BCUT2D eigenvalue weighted by molar-refractivity contribution is -0.143. The van der Waals surface area contributed by atoms with Crippen LogP contribution in [0.3, 0.4) is 0 Å². The number of rotatable bonds is 5. The molecule has 158 valence electrons. The van der Waals surface area contributed by atoms with Gasteiger partial charge in [0.1, 0.15) is 0 Å². The third kappa shape index (κ3) is 3.48. The van der Waals surface area contributed by atoms with Gasteiger partial charge in [0.2, 0.25) is 17.7 Å². The molecular formula is C26H26N2O3. The van der Waals surface area contributed by atoms with Crippen LogP contribution in [-0.2, 0) is 14.4 Å². The van der Waals surface area contributed by atoms with Crippen LogP contribution in [0.2, 0.25) is 0 Å². The summed E-state index contributed by atoms with van der Waals surface area (Å²) in [6, 6.07) is 16.4. The number of likely N-dealkylation sites (tertiary alicyclic amines) is 1. The van der Waals surface area contributed by atoms with E-state index in [1.165, 1.54) is 4.90 Å². The van der Waals surface area contributed by atoms with Crippen LogP contribution in [0.5, 0.6) is 0 Å². The Kier molecular flexibility index (Phi) is 4.97. The van der Waals surface area contributed by atoms with Crippen molar-refractivity contribution in [1.29, 1.82) is 0 Å². The second-order valence-electron chi connectivity index (χ2n) is 8.94. The van der Waals surface area contributed by atoms with Gasteiger partial charge in [-0.25, -0.2) is 0 Å². The molecule has 2 bridgehead atoms. The lowest BCUT2D eigenvalue weighted by Crippen LogP contribution is -2.38. The van der Waals surface area contributed by atoms with E-state index in [4.69, 9.17) is 0 Å². The summed E-state index contributed by atoms with van der Waals surface area (Å²) in [6.07, 6.45) is 6.19. The lowest BCUT2D eigenvalue weighted by atomic mass is 9.63. The number of carbonyl (C=O) groups excluding carboxylic acids is 3. The number of nitrogens with zero attached hydrogens (tertiary/aromatic N) is 1. The molecule has 31 heavy (non-hydrogen) atoms. The summed E-state index contributed by atoms with van der Waals surface area (Å²) in [5, 5.41) is 2.93. The first-order valence-corrected chi connectivity index (χ1v) is 11.0. The maximum atomic E-state index is 13.5. The number of hydrogen-bond donors (Lipinski definition) is 1. The number of hydrogen-bond acceptors (Lipinski definition) is 3. The molecule has 5 atom stereocenters.